The molecule has 118 valence electrons. The van der Waals surface area contributed by atoms with Crippen molar-refractivity contribution in [3.05, 3.63) is 59.1 Å². The van der Waals surface area contributed by atoms with E-state index in [0.29, 0.717) is 17.1 Å². The van der Waals surface area contributed by atoms with Crippen LogP contribution in [0.4, 0.5) is 10.5 Å². The number of methoxy groups -OCH3 is 1. The van der Waals surface area contributed by atoms with Gasteiger partial charge in [0.25, 0.3) is 5.24 Å². The second-order valence-electron chi connectivity index (χ2n) is 5.08. The van der Waals surface area contributed by atoms with Crippen LogP contribution in [0.5, 0.6) is 5.75 Å². The van der Waals surface area contributed by atoms with Crippen LogP contribution in [0.2, 0.25) is 5.02 Å². The molecule has 2 aromatic carbocycles. The molecule has 2 amide bonds. The lowest BCUT2D eigenvalue weighted by molar-refractivity contribution is -0.117. The highest BCUT2D eigenvalue weighted by atomic mass is 35.5. The number of hydrogen-bond acceptors (Lipinski definition) is 4. The number of thioether (sulfide) groups is 1. The molecule has 0 unspecified atom stereocenters. The highest BCUT2D eigenvalue weighted by Crippen LogP contribution is 2.34. The van der Waals surface area contributed by atoms with Crippen LogP contribution >= 0.6 is 23.4 Å². The van der Waals surface area contributed by atoms with E-state index in [4.69, 9.17) is 16.3 Å². The van der Waals surface area contributed by atoms with Crippen molar-refractivity contribution < 1.29 is 14.3 Å². The number of ether oxygens (including phenoxy) is 1. The van der Waals surface area contributed by atoms with Crippen LogP contribution < -0.4 is 9.64 Å². The van der Waals surface area contributed by atoms with Gasteiger partial charge in [-0.1, -0.05) is 41.6 Å². The first-order chi connectivity index (χ1) is 11.1. The fourth-order valence-corrected chi connectivity index (χ4v) is 3.62. The van der Waals surface area contributed by atoms with Crippen LogP contribution in [0.15, 0.2) is 48.5 Å². The van der Waals surface area contributed by atoms with Crippen molar-refractivity contribution in [2.24, 2.45) is 0 Å². The highest BCUT2D eigenvalue weighted by Gasteiger charge is 2.40. The monoisotopic (exact) mass is 347 g/mol. The fourth-order valence-electron chi connectivity index (χ4n) is 2.41. The van der Waals surface area contributed by atoms with E-state index in [2.05, 4.69) is 0 Å². The third-order valence-electron chi connectivity index (χ3n) is 3.57. The number of benzene rings is 2. The smallest absolute Gasteiger partial charge is 0.293 e. The van der Waals surface area contributed by atoms with Gasteiger partial charge in [-0.15, -0.1) is 0 Å². The fraction of sp³-hybridized carbons (Fsp3) is 0.176. The number of amides is 2. The van der Waals surface area contributed by atoms with Crippen LogP contribution in [-0.2, 0) is 11.2 Å². The second kappa shape index (κ2) is 6.64. The van der Waals surface area contributed by atoms with Gasteiger partial charge in [0.05, 0.1) is 18.0 Å². The maximum Gasteiger partial charge on any atom is 0.293 e. The molecule has 1 fully saturated rings. The van der Waals surface area contributed by atoms with Gasteiger partial charge in [-0.2, -0.15) is 0 Å². The normalized spacial score (nSPS) is 17.7. The first kappa shape index (κ1) is 15.9. The Morgan fingerprint density at radius 3 is 2.57 bits per heavy atom. The summed E-state index contributed by atoms with van der Waals surface area (Å²) in [7, 11) is 1.60. The SMILES string of the molecule is COc1ccc(C[C@H]2SC(=O)N(c3cccc(Cl)c3)C2=O)cc1. The molecule has 0 aromatic heterocycles. The quantitative estimate of drug-likeness (QED) is 0.833. The average Bonchev–Trinajstić information content (AvgIpc) is 2.82. The summed E-state index contributed by atoms with van der Waals surface area (Å²) in [6.45, 7) is 0. The third kappa shape index (κ3) is 3.35. The summed E-state index contributed by atoms with van der Waals surface area (Å²) in [4.78, 5) is 26.0. The third-order valence-corrected chi connectivity index (χ3v) is 4.84. The molecule has 0 spiro atoms. The van der Waals surface area contributed by atoms with E-state index in [1.807, 2.05) is 24.3 Å². The predicted molar refractivity (Wildman–Crippen MR) is 92.4 cm³/mol. The minimum atomic E-state index is -0.421. The van der Waals surface area contributed by atoms with Gasteiger partial charge in [0.2, 0.25) is 5.91 Å². The maximum absolute atomic E-state index is 12.6. The zero-order valence-corrected chi connectivity index (χ0v) is 13.9. The van der Waals surface area contributed by atoms with Crippen molar-refractivity contribution >= 4 is 40.2 Å². The van der Waals surface area contributed by atoms with E-state index in [1.54, 1.807) is 31.4 Å². The number of hydrogen-bond donors (Lipinski definition) is 0. The summed E-state index contributed by atoms with van der Waals surface area (Å²) in [6, 6.07) is 14.2. The Balaban J connectivity index is 1.78. The molecule has 1 saturated heterocycles. The lowest BCUT2D eigenvalue weighted by Crippen LogP contribution is -2.32. The molecule has 0 aliphatic carbocycles. The number of carbonyl (C=O) groups is 2. The molecule has 3 rings (SSSR count). The molecule has 1 aliphatic rings. The Morgan fingerprint density at radius 1 is 1.17 bits per heavy atom. The van der Waals surface area contributed by atoms with Gasteiger partial charge >= 0.3 is 0 Å². The van der Waals surface area contributed by atoms with Gasteiger partial charge in [-0.05, 0) is 42.3 Å². The van der Waals surface area contributed by atoms with Crippen molar-refractivity contribution in [1.29, 1.82) is 0 Å². The lowest BCUT2D eigenvalue weighted by Gasteiger charge is -2.14. The van der Waals surface area contributed by atoms with Crippen molar-refractivity contribution in [2.45, 2.75) is 11.7 Å². The van der Waals surface area contributed by atoms with E-state index in [9.17, 15) is 9.59 Å². The maximum atomic E-state index is 12.6. The largest absolute Gasteiger partial charge is 0.497 e. The van der Waals surface area contributed by atoms with Crippen LogP contribution in [0.3, 0.4) is 0 Å². The first-order valence-corrected chi connectivity index (χ1v) is 8.27. The second-order valence-corrected chi connectivity index (χ2v) is 6.67. The molecule has 1 heterocycles. The number of nitrogens with zero attached hydrogens (tertiary/aromatic N) is 1. The molecule has 1 atom stereocenters. The van der Waals surface area contributed by atoms with Crippen molar-refractivity contribution in [3.63, 3.8) is 0 Å². The predicted octanol–water partition coefficient (Wildman–Crippen LogP) is 4.16. The molecule has 2 aromatic rings. The highest BCUT2D eigenvalue weighted by molar-refractivity contribution is 8.15. The molecule has 23 heavy (non-hydrogen) atoms. The van der Waals surface area contributed by atoms with E-state index in [0.717, 1.165) is 23.1 Å². The molecule has 6 heteroatoms. The van der Waals surface area contributed by atoms with Gasteiger partial charge in [0.1, 0.15) is 5.75 Å². The number of rotatable bonds is 4. The molecule has 0 radical (unpaired) electrons. The molecular weight excluding hydrogens is 334 g/mol. The zero-order chi connectivity index (χ0) is 16.4. The summed E-state index contributed by atoms with van der Waals surface area (Å²) < 4.78 is 5.12. The Kier molecular flexibility index (Phi) is 4.59. The van der Waals surface area contributed by atoms with E-state index in [-0.39, 0.29) is 11.1 Å². The molecular formula is C17H14ClNO3S. The van der Waals surface area contributed by atoms with Gasteiger partial charge < -0.3 is 4.74 Å². The molecule has 0 saturated carbocycles. The minimum absolute atomic E-state index is 0.210. The van der Waals surface area contributed by atoms with E-state index >= 15 is 0 Å². The molecule has 0 N–H and O–H groups in total. The van der Waals surface area contributed by atoms with Gasteiger partial charge in [0.15, 0.2) is 0 Å². The van der Waals surface area contributed by atoms with Crippen LogP contribution in [0.1, 0.15) is 5.56 Å². The van der Waals surface area contributed by atoms with Crippen molar-refractivity contribution in [1.82, 2.24) is 0 Å². The van der Waals surface area contributed by atoms with Crippen LogP contribution in [-0.4, -0.2) is 23.5 Å². The van der Waals surface area contributed by atoms with Gasteiger partial charge in [-0.3, -0.25) is 9.59 Å². The Morgan fingerprint density at radius 2 is 1.91 bits per heavy atom. The Bertz CT molecular complexity index is 748. The summed E-state index contributed by atoms with van der Waals surface area (Å²) >= 11 is 7.00. The molecule has 4 nitrogen and oxygen atoms in total. The Labute approximate surface area is 143 Å². The number of anilines is 1. The zero-order valence-electron chi connectivity index (χ0n) is 12.4. The number of halogens is 1. The average molecular weight is 348 g/mol. The Hall–Kier alpha value is -1.98. The van der Waals surface area contributed by atoms with Crippen molar-refractivity contribution in [3.8, 4) is 5.75 Å². The number of imide groups is 1. The van der Waals surface area contributed by atoms with Crippen molar-refractivity contribution in [2.75, 3.05) is 12.0 Å². The summed E-state index contributed by atoms with van der Waals surface area (Å²) in [5.74, 6) is 0.550. The van der Waals surface area contributed by atoms with E-state index in [1.165, 1.54) is 4.90 Å². The lowest BCUT2D eigenvalue weighted by atomic mass is 10.1. The van der Waals surface area contributed by atoms with Crippen LogP contribution in [0.25, 0.3) is 0 Å². The summed E-state index contributed by atoms with van der Waals surface area (Å²) in [6.07, 6.45) is 0.496. The molecule has 0 bridgehead atoms. The van der Waals surface area contributed by atoms with E-state index < -0.39 is 5.25 Å². The van der Waals surface area contributed by atoms with Crippen LogP contribution in [0, 0.1) is 0 Å². The first-order valence-electron chi connectivity index (χ1n) is 7.01. The molecule has 1 aliphatic heterocycles. The summed E-state index contributed by atoms with van der Waals surface area (Å²) in [5, 5.41) is -0.197. The summed E-state index contributed by atoms with van der Waals surface area (Å²) in [5.41, 5.74) is 1.50. The van der Waals surface area contributed by atoms with Gasteiger partial charge in [0, 0.05) is 5.02 Å². The minimum Gasteiger partial charge on any atom is -0.497 e. The van der Waals surface area contributed by atoms with Gasteiger partial charge in [-0.25, -0.2) is 4.90 Å². The topological polar surface area (TPSA) is 46.6 Å². The standard InChI is InChI=1S/C17H14ClNO3S/c1-22-14-7-5-11(6-8-14)9-15-16(20)19(17(21)23-15)13-4-2-3-12(18)10-13/h2-8,10,15H,9H2,1H3/t15-/m1/s1. The number of carbonyl (C=O) groups excluding carboxylic acids is 2.